The molecule has 2 rings (SSSR count). The maximum atomic E-state index is 12.5. The average molecular weight is 337 g/mol. The Morgan fingerprint density at radius 1 is 1.09 bits per heavy atom. The Morgan fingerprint density at radius 2 is 1.64 bits per heavy atom. The number of hydrogen-bond acceptors (Lipinski definition) is 3. The van der Waals surface area contributed by atoms with E-state index in [0.717, 1.165) is 37.1 Å². The van der Waals surface area contributed by atoms with Crippen LogP contribution in [0.4, 0.5) is 13.2 Å². The molecule has 0 aliphatic heterocycles. The van der Waals surface area contributed by atoms with Gasteiger partial charge in [0.1, 0.15) is 0 Å². The van der Waals surface area contributed by atoms with Gasteiger partial charge in [0, 0.05) is 6.54 Å². The summed E-state index contributed by atoms with van der Waals surface area (Å²) in [4.78, 5) is -0.184. The molecule has 0 aromatic heterocycles. The molecule has 1 saturated carbocycles. The number of aliphatic hydroxyl groups is 1. The van der Waals surface area contributed by atoms with E-state index in [1.807, 2.05) is 0 Å². The fourth-order valence-electron chi connectivity index (χ4n) is 2.48. The predicted octanol–water partition coefficient (Wildman–Crippen LogP) is 2.53. The van der Waals surface area contributed by atoms with Gasteiger partial charge in [0.15, 0.2) is 0 Å². The molecule has 4 nitrogen and oxygen atoms in total. The van der Waals surface area contributed by atoms with Crippen LogP contribution < -0.4 is 4.72 Å². The van der Waals surface area contributed by atoms with Crippen molar-refractivity contribution in [2.24, 2.45) is 5.92 Å². The van der Waals surface area contributed by atoms with Crippen molar-refractivity contribution in [1.82, 2.24) is 4.72 Å². The molecule has 124 valence electrons. The van der Waals surface area contributed by atoms with Crippen LogP contribution in [-0.2, 0) is 16.2 Å². The van der Waals surface area contributed by atoms with Gasteiger partial charge in [-0.15, -0.1) is 0 Å². The molecule has 0 amide bonds. The standard InChI is InChI=1S/C14H18F3NO3S/c15-14(16,17)11-3-7-13(8-4-11)22(20,21)18-9-10-1-5-12(19)6-2-10/h3-4,7-8,10,12,18-19H,1-2,5-6,9H2. The Balaban J connectivity index is 1.98. The summed E-state index contributed by atoms with van der Waals surface area (Å²) in [5.74, 6) is 0.146. The lowest BCUT2D eigenvalue weighted by Gasteiger charge is -2.25. The summed E-state index contributed by atoms with van der Waals surface area (Å²) < 4.78 is 63.9. The highest BCUT2D eigenvalue weighted by Gasteiger charge is 2.30. The number of benzene rings is 1. The van der Waals surface area contributed by atoms with E-state index in [1.165, 1.54) is 0 Å². The van der Waals surface area contributed by atoms with Gasteiger partial charge in [0.2, 0.25) is 10.0 Å². The van der Waals surface area contributed by atoms with Gasteiger partial charge in [0.05, 0.1) is 16.6 Å². The first-order valence-corrected chi connectivity index (χ1v) is 8.52. The number of aliphatic hydroxyl groups excluding tert-OH is 1. The Morgan fingerprint density at radius 3 is 2.14 bits per heavy atom. The molecule has 1 aromatic rings. The lowest BCUT2D eigenvalue weighted by molar-refractivity contribution is -0.137. The molecule has 0 atom stereocenters. The molecule has 8 heteroatoms. The van der Waals surface area contributed by atoms with Crippen molar-refractivity contribution in [2.45, 2.75) is 42.9 Å². The van der Waals surface area contributed by atoms with Crippen LogP contribution in [0.25, 0.3) is 0 Å². The first kappa shape index (κ1) is 17.2. The highest BCUT2D eigenvalue weighted by molar-refractivity contribution is 7.89. The maximum absolute atomic E-state index is 12.5. The van der Waals surface area contributed by atoms with Crippen molar-refractivity contribution in [2.75, 3.05) is 6.54 Å². The minimum absolute atomic E-state index is 0.146. The minimum Gasteiger partial charge on any atom is -0.393 e. The summed E-state index contributed by atoms with van der Waals surface area (Å²) in [5.41, 5.74) is -0.882. The Kier molecular flexibility index (Phi) is 5.14. The Bertz CT molecular complexity index is 591. The number of alkyl halides is 3. The molecule has 1 aromatic carbocycles. The zero-order valence-electron chi connectivity index (χ0n) is 11.8. The van der Waals surface area contributed by atoms with Crippen LogP contribution in [0.1, 0.15) is 31.2 Å². The highest BCUT2D eigenvalue weighted by Crippen LogP contribution is 2.30. The second-order valence-corrected chi connectivity index (χ2v) is 7.32. The van der Waals surface area contributed by atoms with E-state index in [-0.39, 0.29) is 23.5 Å². The summed E-state index contributed by atoms with van der Waals surface area (Å²) in [6.07, 6.45) is -2.05. The highest BCUT2D eigenvalue weighted by atomic mass is 32.2. The number of sulfonamides is 1. The summed E-state index contributed by atoms with van der Waals surface area (Å²) in [6.45, 7) is 0.232. The molecule has 0 unspecified atom stereocenters. The topological polar surface area (TPSA) is 66.4 Å². The summed E-state index contributed by atoms with van der Waals surface area (Å²) in [5, 5.41) is 9.39. The molecule has 0 saturated heterocycles. The van der Waals surface area contributed by atoms with Crippen molar-refractivity contribution < 1.29 is 26.7 Å². The average Bonchev–Trinajstić information content (AvgIpc) is 2.46. The SMILES string of the molecule is O=S(=O)(NCC1CCC(O)CC1)c1ccc(C(F)(F)F)cc1. The first-order valence-electron chi connectivity index (χ1n) is 7.03. The Hall–Kier alpha value is -1.12. The van der Waals surface area contributed by atoms with Gasteiger partial charge >= 0.3 is 6.18 Å². The second kappa shape index (κ2) is 6.55. The van der Waals surface area contributed by atoms with Gasteiger partial charge in [-0.2, -0.15) is 13.2 Å². The van der Waals surface area contributed by atoms with Crippen LogP contribution in [-0.4, -0.2) is 26.2 Å². The van der Waals surface area contributed by atoms with Gasteiger partial charge < -0.3 is 5.11 Å². The number of rotatable bonds is 4. The van der Waals surface area contributed by atoms with Gasteiger partial charge in [-0.1, -0.05) is 0 Å². The van der Waals surface area contributed by atoms with Crippen molar-refractivity contribution in [1.29, 1.82) is 0 Å². The van der Waals surface area contributed by atoms with E-state index in [9.17, 15) is 26.7 Å². The van der Waals surface area contributed by atoms with E-state index in [4.69, 9.17) is 0 Å². The quantitative estimate of drug-likeness (QED) is 0.887. The van der Waals surface area contributed by atoms with Gasteiger partial charge in [-0.3, -0.25) is 0 Å². The van der Waals surface area contributed by atoms with Crippen LogP contribution in [0.2, 0.25) is 0 Å². The normalized spacial score (nSPS) is 23.5. The molecule has 0 heterocycles. The fraction of sp³-hybridized carbons (Fsp3) is 0.571. The maximum Gasteiger partial charge on any atom is 0.416 e. The summed E-state index contributed by atoms with van der Waals surface area (Å²) in [6, 6.07) is 3.42. The zero-order chi connectivity index (χ0) is 16.4. The smallest absolute Gasteiger partial charge is 0.393 e. The van der Waals surface area contributed by atoms with E-state index in [0.29, 0.717) is 12.8 Å². The van der Waals surface area contributed by atoms with Gasteiger partial charge in [0.25, 0.3) is 0 Å². The monoisotopic (exact) mass is 337 g/mol. The van der Waals surface area contributed by atoms with Crippen molar-refractivity contribution >= 4 is 10.0 Å². The predicted molar refractivity (Wildman–Crippen MR) is 74.6 cm³/mol. The largest absolute Gasteiger partial charge is 0.416 e. The van der Waals surface area contributed by atoms with Gasteiger partial charge in [-0.05, 0) is 55.9 Å². The van der Waals surface area contributed by atoms with Crippen LogP contribution >= 0.6 is 0 Å². The van der Waals surface area contributed by atoms with E-state index in [1.54, 1.807) is 0 Å². The van der Waals surface area contributed by atoms with E-state index in [2.05, 4.69) is 4.72 Å². The second-order valence-electron chi connectivity index (χ2n) is 5.55. The Labute approximate surface area is 127 Å². The zero-order valence-corrected chi connectivity index (χ0v) is 12.6. The number of nitrogens with one attached hydrogen (secondary N) is 1. The third kappa shape index (κ3) is 4.44. The molecule has 0 radical (unpaired) electrons. The van der Waals surface area contributed by atoms with Crippen LogP contribution in [0.5, 0.6) is 0 Å². The molecule has 1 aliphatic carbocycles. The van der Waals surface area contributed by atoms with Crippen LogP contribution in [0, 0.1) is 5.92 Å². The van der Waals surface area contributed by atoms with E-state index < -0.39 is 21.8 Å². The first-order chi connectivity index (χ1) is 10.2. The van der Waals surface area contributed by atoms with Gasteiger partial charge in [-0.25, -0.2) is 13.1 Å². The van der Waals surface area contributed by atoms with Crippen LogP contribution in [0.15, 0.2) is 29.2 Å². The molecular formula is C14H18F3NO3S. The van der Waals surface area contributed by atoms with Crippen molar-refractivity contribution in [3.05, 3.63) is 29.8 Å². The number of halogens is 3. The van der Waals surface area contributed by atoms with Crippen LogP contribution in [0.3, 0.4) is 0 Å². The lowest BCUT2D eigenvalue weighted by atomic mass is 9.88. The third-order valence-corrected chi connectivity index (χ3v) is 5.31. The minimum atomic E-state index is -4.49. The third-order valence-electron chi connectivity index (χ3n) is 3.87. The van der Waals surface area contributed by atoms with E-state index >= 15 is 0 Å². The molecule has 0 spiro atoms. The summed E-state index contributed by atoms with van der Waals surface area (Å²) in [7, 11) is -3.82. The molecule has 0 bridgehead atoms. The lowest BCUT2D eigenvalue weighted by Crippen LogP contribution is -2.32. The molecular weight excluding hydrogens is 319 g/mol. The van der Waals surface area contributed by atoms with Crippen molar-refractivity contribution in [3.8, 4) is 0 Å². The molecule has 1 fully saturated rings. The summed E-state index contributed by atoms with van der Waals surface area (Å²) >= 11 is 0. The molecule has 22 heavy (non-hydrogen) atoms. The molecule has 1 aliphatic rings. The fourth-order valence-corrected chi connectivity index (χ4v) is 3.60. The molecule has 2 N–H and O–H groups in total. The number of hydrogen-bond donors (Lipinski definition) is 2. The van der Waals surface area contributed by atoms with Crippen molar-refractivity contribution in [3.63, 3.8) is 0 Å².